The molecule has 0 spiro atoms. The normalized spacial score (nSPS) is 18.8. The third-order valence-electron chi connectivity index (χ3n) is 4.99. The van der Waals surface area contributed by atoms with Crippen LogP contribution in [0.5, 0.6) is 5.75 Å². The second-order valence-electron chi connectivity index (χ2n) is 7.24. The summed E-state index contributed by atoms with van der Waals surface area (Å²) in [6, 6.07) is 7.43. The Kier molecular flexibility index (Phi) is 9.21. The quantitative estimate of drug-likeness (QED) is 0.489. The second kappa shape index (κ2) is 11.9. The predicted molar refractivity (Wildman–Crippen MR) is 110 cm³/mol. The van der Waals surface area contributed by atoms with Crippen LogP contribution in [0.15, 0.2) is 30.3 Å². The van der Waals surface area contributed by atoms with Crippen molar-refractivity contribution < 1.29 is 23.9 Å². The van der Waals surface area contributed by atoms with E-state index in [1.807, 2.05) is 12.1 Å². The van der Waals surface area contributed by atoms with Gasteiger partial charge in [0.05, 0.1) is 13.5 Å². The molecule has 0 saturated heterocycles. The number of ether oxygens (including phenoxy) is 2. The van der Waals surface area contributed by atoms with E-state index in [-0.39, 0.29) is 37.4 Å². The molecular weight excluding hydrogens is 372 g/mol. The van der Waals surface area contributed by atoms with Gasteiger partial charge < -0.3 is 20.1 Å². The summed E-state index contributed by atoms with van der Waals surface area (Å²) in [6.07, 6.45) is 7.46. The predicted octanol–water partition coefficient (Wildman–Crippen LogP) is 2.45. The fourth-order valence-electron chi connectivity index (χ4n) is 3.23. The molecule has 1 aliphatic rings. The Labute approximate surface area is 171 Å². The first-order chi connectivity index (χ1) is 14.0. The molecule has 1 aromatic rings. The van der Waals surface area contributed by atoms with Gasteiger partial charge >= 0.3 is 5.97 Å². The average molecular weight is 402 g/mol. The number of hydrogen-bond acceptors (Lipinski definition) is 5. The highest BCUT2D eigenvalue weighted by atomic mass is 16.5. The summed E-state index contributed by atoms with van der Waals surface area (Å²) in [5.74, 6) is 0.0918. The maximum absolute atomic E-state index is 11.9. The van der Waals surface area contributed by atoms with Gasteiger partial charge in [0.2, 0.25) is 5.91 Å². The Morgan fingerprint density at radius 1 is 1.14 bits per heavy atom. The van der Waals surface area contributed by atoms with Crippen LogP contribution in [0.2, 0.25) is 0 Å². The molecule has 2 amide bonds. The van der Waals surface area contributed by atoms with Gasteiger partial charge in [-0.05, 0) is 42.5 Å². The van der Waals surface area contributed by atoms with E-state index < -0.39 is 5.97 Å². The maximum atomic E-state index is 11.9. The lowest BCUT2D eigenvalue weighted by atomic mass is 9.86. The highest BCUT2D eigenvalue weighted by Gasteiger charge is 2.23. The standard InChI is InChI=1S/C22H30N2O5/c1-16-5-3-4-6-19(16)24-21(26)15-29-22(27)13-14-23-20(25)12-9-17-7-10-18(28-2)11-8-17/h7-12,16,19H,3-6,13-15H2,1-2H3,(H,23,25)(H,24,26)/b12-9+/t16-,19-/m0/s1. The number of carbonyl (C=O) groups excluding carboxylic acids is 3. The highest BCUT2D eigenvalue weighted by molar-refractivity contribution is 5.92. The highest BCUT2D eigenvalue weighted by Crippen LogP contribution is 2.23. The van der Waals surface area contributed by atoms with Gasteiger partial charge in [-0.1, -0.05) is 31.9 Å². The zero-order valence-electron chi connectivity index (χ0n) is 17.1. The largest absolute Gasteiger partial charge is 0.497 e. The molecule has 7 nitrogen and oxygen atoms in total. The van der Waals surface area contributed by atoms with Crippen molar-refractivity contribution in [1.29, 1.82) is 0 Å². The first-order valence-electron chi connectivity index (χ1n) is 10.0. The molecule has 1 aliphatic carbocycles. The minimum atomic E-state index is -0.517. The fraction of sp³-hybridized carbons (Fsp3) is 0.500. The van der Waals surface area contributed by atoms with E-state index in [1.54, 1.807) is 25.3 Å². The Balaban J connectivity index is 1.60. The smallest absolute Gasteiger partial charge is 0.308 e. The first-order valence-corrected chi connectivity index (χ1v) is 10.0. The topological polar surface area (TPSA) is 93.7 Å². The van der Waals surface area contributed by atoms with Crippen LogP contribution in [0.4, 0.5) is 0 Å². The molecule has 158 valence electrons. The zero-order valence-corrected chi connectivity index (χ0v) is 17.1. The molecule has 0 heterocycles. The van der Waals surface area contributed by atoms with E-state index in [9.17, 15) is 14.4 Å². The molecule has 7 heteroatoms. The van der Waals surface area contributed by atoms with Gasteiger partial charge in [-0.25, -0.2) is 0 Å². The Morgan fingerprint density at radius 3 is 2.55 bits per heavy atom. The van der Waals surface area contributed by atoms with Crippen LogP contribution in [-0.4, -0.2) is 44.1 Å². The van der Waals surface area contributed by atoms with Crippen molar-refractivity contribution in [3.63, 3.8) is 0 Å². The minimum absolute atomic E-state index is 0.00915. The van der Waals surface area contributed by atoms with Gasteiger partial charge in [0.1, 0.15) is 5.75 Å². The molecule has 2 rings (SSSR count). The van der Waals surface area contributed by atoms with Crippen molar-refractivity contribution >= 4 is 23.9 Å². The van der Waals surface area contributed by atoms with Crippen LogP contribution in [0.3, 0.4) is 0 Å². The number of hydrogen-bond donors (Lipinski definition) is 2. The summed E-state index contributed by atoms with van der Waals surface area (Å²) in [5, 5.41) is 5.55. The fourth-order valence-corrected chi connectivity index (χ4v) is 3.23. The molecule has 1 saturated carbocycles. The van der Waals surface area contributed by atoms with E-state index >= 15 is 0 Å². The van der Waals surface area contributed by atoms with E-state index in [1.165, 1.54) is 12.5 Å². The summed E-state index contributed by atoms with van der Waals surface area (Å²) < 4.78 is 10.1. The molecule has 2 atom stereocenters. The van der Waals surface area contributed by atoms with Crippen LogP contribution in [0, 0.1) is 5.92 Å². The lowest BCUT2D eigenvalue weighted by Gasteiger charge is -2.29. The van der Waals surface area contributed by atoms with Crippen molar-refractivity contribution in [3.05, 3.63) is 35.9 Å². The van der Waals surface area contributed by atoms with E-state index in [0.29, 0.717) is 5.92 Å². The zero-order chi connectivity index (χ0) is 21.1. The van der Waals surface area contributed by atoms with Gasteiger partial charge in [0.25, 0.3) is 5.91 Å². The summed E-state index contributed by atoms with van der Waals surface area (Å²) in [5.41, 5.74) is 0.860. The van der Waals surface area contributed by atoms with Crippen molar-refractivity contribution in [3.8, 4) is 5.75 Å². The number of rotatable bonds is 9. The number of benzene rings is 1. The SMILES string of the molecule is COc1ccc(/C=C/C(=O)NCCC(=O)OCC(=O)N[C@H]2CCCC[C@@H]2C)cc1. The third kappa shape index (κ3) is 8.37. The third-order valence-corrected chi connectivity index (χ3v) is 4.99. The van der Waals surface area contributed by atoms with Crippen LogP contribution < -0.4 is 15.4 Å². The van der Waals surface area contributed by atoms with Crippen molar-refractivity contribution in [2.24, 2.45) is 5.92 Å². The van der Waals surface area contributed by atoms with E-state index in [0.717, 1.165) is 30.6 Å². The van der Waals surface area contributed by atoms with Gasteiger partial charge in [-0.3, -0.25) is 14.4 Å². The lowest BCUT2D eigenvalue weighted by molar-refractivity contribution is -0.148. The summed E-state index contributed by atoms with van der Waals surface area (Å²) in [7, 11) is 1.59. The molecule has 2 N–H and O–H groups in total. The Bertz CT molecular complexity index is 714. The van der Waals surface area contributed by atoms with Crippen LogP contribution >= 0.6 is 0 Å². The summed E-state index contributed by atoms with van der Waals surface area (Å²) in [6.45, 7) is 1.99. The summed E-state index contributed by atoms with van der Waals surface area (Å²) >= 11 is 0. The van der Waals surface area contributed by atoms with Crippen molar-refractivity contribution in [2.75, 3.05) is 20.3 Å². The molecule has 0 aromatic heterocycles. The Morgan fingerprint density at radius 2 is 1.86 bits per heavy atom. The number of esters is 1. The molecule has 0 aliphatic heterocycles. The molecule has 0 unspecified atom stereocenters. The van der Waals surface area contributed by atoms with Gasteiger partial charge in [0, 0.05) is 18.7 Å². The van der Waals surface area contributed by atoms with Crippen molar-refractivity contribution in [1.82, 2.24) is 10.6 Å². The van der Waals surface area contributed by atoms with E-state index in [2.05, 4.69) is 17.6 Å². The molecule has 0 bridgehead atoms. The number of methoxy groups -OCH3 is 1. The van der Waals surface area contributed by atoms with Crippen LogP contribution in [0.1, 0.15) is 44.6 Å². The maximum Gasteiger partial charge on any atom is 0.308 e. The molecule has 29 heavy (non-hydrogen) atoms. The molecule has 1 aromatic carbocycles. The summed E-state index contributed by atoms with van der Waals surface area (Å²) in [4.78, 5) is 35.5. The average Bonchev–Trinajstić information content (AvgIpc) is 2.73. The Hall–Kier alpha value is -2.83. The van der Waals surface area contributed by atoms with Crippen LogP contribution in [0.25, 0.3) is 6.08 Å². The minimum Gasteiger partial charge on any atom is -0.497 e. The van der Waals surface area contributed by atoms with Gasteiger partial charge in [-0.2, -0.15) is 0 Å². The molecular formula is C22H30N2O5. The molecule has 0 radical (unpaired) electrons. The molecule has 1 fully saturated rings. The number of carbonyl (C=O) groups is 3. The number of amides is 2. The van der Waals surface area contributed by atoms with Crippen LogP contribution in [-0.2, 0) is 19.1 Å². The van der Waals surface area contributed by atoms with E-state index in [4.69, 9.17) is 9.47 Å². The lowest BCUT2D eigenvalue weighted by Crippen LogP contribution is -2.43. The van der Waals surface area contributed by atoms with Crippen molar-refractivity contribution in [2.45, 2.75) is 45.1 Å². The number of nitrogens with one attached hydrogen (secondary N) is 2. The monoisotopic (exact) mass is 402 g/mol. The van der Waals surface area contributed by atoms with Gasteiger partial charge in [0.15, 0.2) is 6.61 Å². The van der Waals surface area contributed by atoms with Gasteiger partial charge in [-0.15, -0.1) is 0 Å². The first kappa shape index (κ1) is 22.5. The second-order valence-corrected chi connectivity index (χ2v) is 7.24.